The van der Waals surface area contributed by atoms with Gasteiger partial charge in [-0.15, -0.1) is 0 Å². The van der Waals surface area contributed by atoms with Crippen LogP contribution in [0.25, 0.3) is 28.2 Å². The molecule has 2 aromatic heterocycles. The lowest BCUT2D eigenvalue weighted by molar-refractivity contribution is 1.11. The molecule has 4 aromatic rings. The van der Waals surface area contributed by atoms with Gasteiger partial charge >= 0.3 is 0 Å². The number of nitrogens with zero attached hydrogens (tertiary/aromatic N) is 3. The zero-order valence-corrected chi connectivity index (χ0v) is 16.4. The van der Waals surface area contributed by atoms with Crippen molar-refractivity contribution in [2.24, 2.45) is 0 Å². The molecule has 2 aromatic carbocycles. The molecular weight excluding hydrogens is 444 g/mol. The van der Waals surface area contributed by atoms with Gasteiger partial charge in [0.1, 0.15) is 5.15 Å². The van der Waals surface area contributed by atoms with Crippen LogP contribution in [0, 0.1) is 0 Å². The van der Waals surface area contributed by atoms with Crippen molar-refractivity contribution in [2.75, 3.05) is 0 Å². The fourth-order valence-electron chi connectivity index (χ4n) is 2.68. The van der Waals surface area contributed by atoms with Crippen LogP contribution < -0.4 is 0 Å². The van der Waals surface area contributed by atoms with Crippen molar-refractivity contribution >= 4 is 56.4 Å². The molecule has 0 unspecified atom stereocenters. The molecule has 0 fully saturated rings. The second-order valence-electron chi connectivity index (χ2n) is 5.37. The zero-order valence-electron chi connectivity index (χ0n) is 12.5. The molecule has 0 N–H and O–H groups in total. The first kappa shape index (κ1) is 16.9. The molecule has 124 valence electrons. The van der Waals surface area contributed by atoms with Gasteiger partial charge in [-0.05, 0) is 40.2 Å². The van der Waals surface area contributed by atoms with Gasteiger partial charge in [-0.25, -0.2) is 9.97 Å². The summed E-state index contributed by atoms with van der Waals surface area (Å²) < 4.78 is 2.50. The molecule has 0 amide bonds. The molecule has 2 heterocycles. The third-order valence-electron chi connectivity index (χ3n) is 3.77. The molecule has 0 spiro atoms. The second-order valence-corrected chi connectivity index (χ2v) is 7.38. The predicted octanol–water partition coefficient (Wildman–Crippen LogP) is 6.79. The summed E-state index contributed by atoms with van der Waals surface area (Å²) in [6.07, 6.45) is 1.75. The van der Waals surface area contributed by atoms with E-state index in [0.717, 1.165) is 22.5 Å². The maximum absolute atomic E-state index is 6.16. The van der Waals surface area contributed by atoms with Crippen LogP contribution >= 0.6 is 50.7 Å². The SMILES string of the molecule is Clc1ccc(-c2nc3c(Br)nc(Cl)cn3c2-c2ccc(Cl)cc2)cc1. The van der Waals surface area contributed by atoms with E-state index in [4.69, 9.17) is 39.8 Å². The highest BCUT2D eigenvalue weighted by molar-refractivity contribution is 9.10. The predicted molar refractivity (Wildman–Crippen MR) is 107 cm³/mol. The third kappa shape index (κ3) is 3.15. The van der Waals surface area contributed by atoms with E-state index in [9.17, 15) is 0 Å². The number of hydrogen-bond acceptors (Lipinski definition) is 2. The van der Waals surface area contributed by atoms with Gasteiger partial charge in [-0.1, -0.05) is 59.1 Å². The molecule has 0 aliphatic rings. The summed E-state index contributed by atoms with van der Waals surface area (Å²) in [6, 6.07) is 15.2. The van der Waals surface area contributed by atoms with Crippen LogP contribution in [0.5, 0.6) is 0 Å². The number of imidazole rings is 1. The molecule has 25 heavy (non-hydrogen) atoms. The molecule has 3 nitrogen and oxygen atoms in total. The van der Waals surface area contributed by atoms with E-state index in [1.54, 1.807) is 6.20 Å². The van der Waals surface area contributed by atoms with E-state index in [1.165, 1.54) is 0 Å². The lowest BCUT2D eigenvalue weighted by Crippen LogP contribution is -1.92. The van der Waals surface area contributed by atoms with Crippen molar-refractivity contribution < 1.29 is 0 Å². The third-order valence-corrected chi connectivity index (χ3v) is 4.99. The highest BCUT2D eigenvalue weighted by Gasteiger charge is 2.18. The number of hydrogen-bond donors (Lipinski definition) is 0. The van der Waals surface area contributed by atoms with E-state index >= 15 is 0 Å². The van der Waals surface area contributed by atoms with Gasteiger partial charge in [0.25, 0.3) is 0 Å². The Morgan fingerprint density at radius 3 is 1.92 bits per heavy atom. The summed E-state index contributed by atoms with van der Waals surface area (Å²) in [5.41, 5.74) is 4.30. The first-order chi connectivity index (χ1) is 12.0. The maximum Gasteiger partial charge on any atom is 0.171 e. The number of halogens is 4. The van der Waals surface area contributed by atoms with Crippen LogP contribution in [-0.2, 0) is 0 Å². The number of aromatic nitrogens is 3. The van der Waals surface area contributed by atoms with Gasteiger partial charge in [0.05, 0.1) is 11.4 Å². The normalized spacial score (nSPS) is 11.2. The topological polar surface area (TPSA) is 30.2 Å². The average Bonchev–Trinajstić information content (AvgIpc) is 2.96. The molecule has 0 bridgehead atoms. The van der Waals surface area contributed by atoms with Crippen LogP contribution in [0.3, 0.4) is 0 Å². The highest BCUT2D eigenvalue weighted by atomic mass is 79.9. The Labute approximate surface area is 167 Å². The van der Waals surface area contributed by atoms with E-state index in [2.05, 4.69) is 20.9 Å². The first-order valence-electron chi connectivity index (χ1n) is 7.29. The van der Waals surface area contributed by atoms with Crippen molar-refractivity contribution in [1.82, 2.24) is 14.4 Å². The van der Waals surface area contributed by atoms with Gasteiger partial charge in [0.15, 0.2) is 10.3 Å². The molecule has 0 radical (unpaired) electrons. The fourth-order valence-corrected chi connectivity index (χ4v) is 3.68. The quantitative estimate of drug-likeness (QED) is 0.335. The summed E-state index contributed by atoms with van der Waals surface area (Å²) >= 11 is 21.7. The van der Waals surface area contributed by atoms with E-state index in [-0.39, 0.29) is 0 Å². The fraction of sp³-hybridized carbons (Fsp3) is 0. The van der Waals surface area contributed by atoms with E-state index in [1.807, 2.05) is 52.9 Å². The minimum absolute atomic E-state index is 0.370. The van der Waals surface area contributed by atoms with Gasteiger partial charge < -0.3 is 0 Å². The zero-order chi connectivity index (χ0) is 17.6. The molecule has 0 atom stereocenters. The van der Waals surface area contributed by atoms with Gasteiger partial charge in [0.2, 0.25) is 0 Å². The lowest BCUT2D eigenvalue weighted by atomic mass is 10.1. The number of fused-ring (bicyclic) bond motifs is 1. The number of benzene rings is 2. The summed E-state index contributed by atoms with van der Waals surface area (Å²) in [5.74, 6) is 0. The first-order valence-corrected chi connectivity index (χ1v) is 9.21. The summed E-state index contributed by atoms with van der Waals surface area (Å²) in [5, 5.41) is 1.72. The Kier molecular flexibility index (Phi) is 4.46. The Hall–Kier alpha value is -1.59. The Bertz CT molecular complexity index is 1070. The smallest absolute Gasteiger partial charge is 0.171 e. The van der Waals surface area contributed by atoms with Crippen molar-refractivity contribution in [3.05, 3.63) is 74.5 Å². The van der Waals surface area contributed by atoms with Crippen molar-refractivity contribution in [3.8, 4) is 22.5 Å². The van der Waals surface area contributed by atoms with Crippen molar-refractivity contribution in [3.63, 3.8) is 0 Å². The molecule has 0 saturated heterocycles. The van der Waals surface area contributed by atoms with Crippen LogP contribution in [-0.4, -0.2) is 14.4 Å². The summed E-state index contributed by atoms with van der Waals surface area (Å²) in [6.45, 7) is 0. The van der Waals surface area contributed by atoms with Gasteiger partial charge in [-0.2, -0.15) is 0 Å². The molecule has 0 aliphatic carbocycles. The molecule has 0 saturated carbocycles. The maximum atomic E-state index is 6.16. The molecule has 7 heteroatoms. The molecule has 0 aliphatic heterocycles. The average molecular weight is 454 g/mol. The minimum Gasteiger partial charge on any atom is -0.294 e. The van der Waals surface area contributed by atoms with E-state index in [0.29, 0.717) is 25.4 Å². The van der Waals surface area contributed by atoms with E-state index < -0.39 is 0 Å². The van der Waals surface area contributed by atoms with Gasteiger partial charge in [-0.3, -0.25) is 4.40 Å². The summed E-state index contributed by atoms with van der Waals surface area (Å²) in [7, 11) is 0. The Morgan fingerprint density at radius 2 is 1.32 bits per heavy atom. The Balaban J connectivity index is 2.07. The minimum atomic E-state index is 0.370. The van der Waals surface area contributed by atoms with Crippen LogP contribution in [0.4, 0.5) is 0 Å². The summed E-state index contributed by atoms with van der Waals surface area (Å²) in [4.78, 5) is 9.00. The second kappa shape index (κ2) is 6.61. The lowest BCUT2D eigenvalue weighted by Gasteiger charge is -2.07. The van der Waals surface area contributed by atoms with Gasteiger partial charge in [0, 0.05) is 27.4 Å². The van der Waals surface area contributed by atoms with Crippen molar-refractivity contribution in [2.45, 2.75) is 0 Å². The Morgan fingerprint density at radius 1 is 0.760 bits per heavy atom. The largest absolute Gasteiger partial charge is 0.294 e. The highest BCUT2D eigenvalue weighted by Crippen LogP contribution is 2.35. The molecular formula is C18H9BrCl3N3. The monoisotopic (exact) mass is 451 g/mol. The van der Waals surface area contributed by atoms with Crippen molar-refractivity contribution in [1.29, 1.82) is 0 Å². The van der Waals surface area contributed by atoms with Crippen LogP contribution in [0.15, 0.2) is 59.3 Å². The number of rotatable bonds is 2. The van der Waals surface area contributed by atoms with Crippen LogP contribution in [0.1, 0.15) is 0 Å². The van der Waals surface area contributed by atoms with Crippen LogP contribution in [0.2, 0.25) is 15.2 Å². The molecule has 4 rings (SSSR count). The standard InChI is InChI=1S/C18H9BrCl3N3/c19-17-18-24-15(10-1-5-12(20)6-2-10)16(25(18)9-14(22)23-17)11-3-7-13(21)8-4-11/h1-9H.